The first-order chi connectivity index (χ1) is 10.8. The molecule has 0 amide bonds. The molecule has 116 valence electrons. The van der Waals surface area contributed by atoms with E-state index in [1.54, 1.807) is 10.9 Å². The van der Waals surface area contributed by atoms with E-state index in [0.717, 1.165) is 30.8 Å². The first kappa shape index (κ1) is 14.9. The molecule has 2 heterocycles. The van der Waals surface area contributed by atoms with Crippen LogP contribution in [0.25, 0.3) is 0 Å². The lowest BCUT2D eigenvalue weighted by Crippen LogP contribution is -2.05. The van der Waals surface area contributed by atoms with Crippen LogP contribution < -0.4 is 4.74 Å². The second kappa shape index (κ2) is 6.85. The van der Waals surface area contributed by atoms with Gasteiger partial charge in [0.15, 0.2) is 5.82 Å². The second-order valence-corrected chi connectivity index (χ2v) is 5.30. The molecule has 2 aromatic rings. The molecule has 1 saturated heterocycles. The number of nitrogens with one attached hydrogen (secondary N) is 1. The summed E-state index contributed by atoms with van der Waals surface area (Å²) in [6.45, 7) is 3.31. The summed E-state index contributed by atoms with van der Waals surface area (Å²) in [6.07, 6.45) is 3.65. The third kappa shape index (κ3) is 3.10. The highest BCUT2D eigenvalue weighted by molar-refractivity contribution is 7.71. The molecule has 3 rings (SSSR count). The highest BCUT2D eigenvalue weighted by atomic mass is 32.1. The fourth-order valence-corrected chi connectivity index (χ4v) is 2.59. The molecule has 1 aromatic heterocycles. The predicted octanol–water partition coefficient (Wildman–Crippen LogP) is 3.07. The standard InChI is InChI=1S/C15H18N4O2S/c1-2-20-12-7-4-3-6-11(12)10-16-19-14(17-18-15(19)22)13-8-5-9-21-13/h3-4,6-7,10,13H,2,5,8-9H2,1H3,(H,18,22)/b16-10-. The SMILES string of the molecule is CCOc1ccccc1/C=N\n1c(C2CCCO2)n[nH]c1=S. The van der Waals surface area contributed by atoms with E-state index >= 15 is 0 Å². The van der Waals surface area contributed by atoms with E-state index in [1.807, 2.05) is 31.2 Å². The summed E-state index contributed by atoms with van der Waals surface area (Å²) in [5.74, 6) is 1.51. The van der Waals surface area contributed by atoms with Crippen LogP contribution in [0.4, 0.5) is 0 Å². The fourth-order valence-electron chi connectivity index (χ4n) is 2.40. The molecule has 1 fully saturated rings. The lowest BCUT2D eigenvalue weighted by Gasteiger charge is -2.08. The Morgan fingerprint density at radius 2 is 2.41 bits per heavy atom. The maximum Gasteiger partial charge on any atom is 0.216 e. The predicted molar refractivity (Wildman–Crippen MR) is 85.9 cm³/mol. The molecule has 1 aromatic carbocycles. The van der Waals surface area contributed by atoms with E-state index in [-0.39, 0.29) is 6.10 Å². The number of hydrogen-bond acceptors (Lipinski definition) is 5. The number of benzene rings is 1. The average Bonchev–Trinajstić information content (AvgIpc) is 3.16. The minimum Gasteiger partial charge on any atom is -0.493 e. The number of nitrogens with zero attached hydrogens (tertiary/aromatic N) is 3. The van der Waals surface area contributed by atoms with Crippen molar-refractivity contribution in [2.45, 2.75) is 25.9 Å². The van der Waals surface area contributed by atoms with E-state index in [1.165, 1.54) is 0 Å². The largest absolute Gasteiger partial charge is 0.493 e. The van der Waals surface area contributed by atoms with Crippen molar-refractivity contribution in [2.24, 2.45) is 5.10 Å². The van der Waals surface area contributed by atoms with Gasteiger partial charge in [-0.2, -0.15) is 14.9 Å². The van der Waals surface area contributed by atoms with Crippen LogP contribution in [0.2, 0.25) is 0 Å². The third-order valence-corrected chi connectivity index (χ3v) is 3.69. The summed E-state index contributed by atoms with van der Waals surface area (Å²) < 4.78 is 13.3. The van der Waals surface area contributed by atoms with Gasteiger partial charge >= 0.3 is 0 Å². The zero-order valence-electron chi connectivity index (χ0n) is 12.4. The Hall–Kier alpha value is -1.99. The number of para-hydroxylation sites is 1. The quantitative estimate of drug-likeness (QED) is 0.680. The number of rotatable bonds is 5. The summed E-state index contributed by atoms with van der Waals surface area (Å²) in [4.78, 5) is 0. The van der Waals surface area contributed by atoms with Crippen LogP contribution in [0.15, 0.2) is 29.4 Å². The first-order valence-corrected chi connectivity index (χ1v) is 7.75. The number of ether oxygens (including phenoxy) is 2. The number of aromatic nitrogens is 3. The van der Waals surface area contributed by atoms with Gasteiger partial charge in [-0.3, -0.25) is 5.10 Å². The monoisotopic (exact) mass is 318 g/mol. The van der Waals surface area contributed by atoms with Gasteiger partial charge in [-0.25, -0.2) is 0 Å². The molecule has 0 saturated carbocycles. The number of hydrogen-bond donors (Lipinski definition) is 1. The van der Waals surface area contributed by atoms with E-state index in [9.17, 15) is 0 Å². The lowest BCUT2D eigenvalue weighted by atomic mass is 10.2. The highest BCUT2D eigenvalue weighted by Crippen LogP contribution is 2.27. The minimum atomic E-state index is -0.0489. The number of H-pyrrole nitrogens is 1. The highest BCUT2D eigenvalue weighted by Gasteiger charge is 2.23. The van der Waals surface area contributed by atoms with Gasteiger partial charge in [-0.05, 0) is 44.1 Å². The van der Waals surface area contributed by atoms with Crippen molar-refractivity contribution < 1.29 is 9.47 Å². The van der Waals surface area contributed by atoms with Gasteiger partial charge in [-0.1, -0.05) is 12.1 Å². The van der Waals surface area contributed by atoms with Crippen LogP contribution in [0.1, 0.15) is 37.3 Å². The van der Waals surface area contributed by atoms with Crippen LogP contribution in [0.3, 0.4) is 0 Å². The normalized spacial score (nSPS) is 18.1. The Morgan fingerprint density at radius 1 is 1.55 bits per heavy atom. The van der Waals surface area contributed by atoms with Crippen LogP contribution in [-0.4, -0.2) is 34.3 Å². The summed E-state index contributed by atoms with van der Waals surface area (Å²) >= 11 is 5.25. The molecule has 7 heteroatoms. The summed E-state index contributed by atoms with van der Waals surface area (Å²) in [7, 11) is 0. The Kier molecular flexibility index (Phi) is 4.65. The molecule has 0 bridgehead atoms. The molecule has 1 N–H and O–H groups in total. The molecule has 0 aliphatic carbocycles. The average molecular weight is 318 g/mol. The fraction of sp³-hybridized carbons (Fsp3) is 0.400. The van der Waals surface area contributed by atoms with Gasteiger partial charge in [0.2, 0.25) is 4.77 Å². The molecule has 1 unspecified atom stereocenters. The molecule has 1 aliphatic rings. The van der Waals surface area contributed by atoms with Gasteiger partial charge in [0.1, 0.15) is 11.9 Å². The van der Waals surface area contributed by atoms with Gasteiger partial charge < -0.3 is 9.47 Å². The topological polar surface area (TPSA) is 64.4 Å². The molecule has 1 aliphatic heterocycles. The third-order valence-electron chi connectivity index (χ3n) is 3.42. The zero-order chi connectivity index (χ0) is 15.4. The molecular formula is C15H18N4O2S. The molecule has 1 atom stereocenters. The maximum absolute atomic E-state index is 5.66. The van der Waals surface area contributed by atoms with Gasteiger partial charge in [0.05, 0.1) is 12.8 Å². The lowest BCUT2D eigenvalue weighted by molar-refractivity contribution is 0.102. The zero-order valence-corrected chi connectivity index (χ0v) is 13.2. The second-order valence-electron chi connectivity index (χ2n) is 4.92. The van der Waals surface area contributed by atoms with Gasteiger partial charge in [0.25, 0.3) is 0 Å². The van der Waals surface area contributed by atoms with Crippen molar-refractivity contribution >= 4 is 18.4 Å². The van der Waals surface area contributed by atoms with Crippen molar-refractivity contribution in [1.29, 1.82) is 0 Å². The summed E-state index contributed by atoms with van der Waals surface area (Å²) in [5.41, 5.74) is 0.894. The van der Waals surface area contributed by atoms with E-state index < -0.39 is 0 Å². The molecular weight excluding hydrogens is 300 g/mol. The van der Waals surface area contributed by atoms with Crippen molar-refractivity contribution in [3.63, 3.8) is 0 Å². The Labute approximate surface area is 133 Å². The maximum atomic E-state index is 5.66. The minimum absolute atomic E-state index is 0.0489. The Bertz CT molecular complexity index is 716. The van der Waals surface area contributed by atoms with Crippen LogP contribution in [0, 0.1) is 4.77 Å². The van der Waals surface area contributed by atoms with Crippen LogP contribution in [-0.2, 0) is 4.74 Å². The Morgan fingerprint density at radius 3 is 3.18 bits per heavy atom. The van der Waals surface area contributed by atoms with Crippen molar-refractivity contribution in [3.05, 3.63) is 40.4 Å². The van der Waals surface area contributed by atoms with Crippen LogP contribution in [0.5, 0.6) is 5.75 Å². The van der Waals surface area contributed by atoms with Gasteiger partial charge in [0, 0.05) is 12.2 Å². The summed E-state index contributed by atoms with van der Waals surface area (Å²) in [6, 6.07) is 7.74. The van der Waals surface area contributed by atoms with Crippen LogP contribution >= 0.6 is 12.2 Å². The molecule has 0 radical (unpaired) electrons. The molecule has 0 spiro atoms. The Balaban J connectivity index is 1.90. The van der Waals surface area contributed by atoms with Gasteiger partial charge in [-0.15, -0.1) is 0 Å². The van der Waals surface area contributed by atoms with E-state index in [0.29, 0.717) is 17.2 Å². The van der Waals surface area contributed by atoms with Crippen molar-refractivity contribution in [1.82, 2.24) is 14.9 Å². The van der Waals surface area contributed by atoms with E-state index in [2.05, 4.69) is 15.3 Å². The smallest absolute Gasteiger partial charge is 0.216 e. The van der Waals surface area contributed by atoms with E-state index in [4.69, 9.17) is 21.7 Å². The number of aromatic amines is 1. The first-order valence-electron chi connectivity index (χ1n) is 7.34. The molecule has 6 nitrogen and oxygen atoms in total. The summed E-state index contributed by atoms with van der Waals surface area (Å²) in [5, 5.41) is 11.5. The van der Waals surface area contributed by atoms with Crippen molar-refractivity contribution in [2.75, 3.05) is 13.2 Å². The van der Waals surface area contributed by atoms with Crippen molar-refractivity contribution in [3.8, 4) is 5.75 Å². The molecule has 22 heavy (non-hydrogen) atoms.